The van der Waals surface area contributed by atoms with E-state index in [9.17, 15) is 29.4 Å². The number of piperidine rings is 2. The Morgan fingerprint density at radius 1 is 0.628 bits per heavy atom. The lowest BCUT2D eigenvalue weighted by Gasteiger charge is -2.41. The van der Waals surface area contributed by atoms with Crippen molar-refractivity contribution in [1.82, 2.24) is 39.8 Å². The number of aliphatic carboxylic acids is 2. The minimum atomic E-state index is -1.25. The average molecular weight is 1180 g/mol. The number of aromatic nitrogens is 6. The number of carbonyl (C=O) groups excluding carboxylic acids is 2. The quantitative estimate of drug-likeness (QED) is 0.114. The summed E-state index contributed by atoms with van der Waals surface area (Å²) in [4.78, 5) is 64.9. The number of carbonyl (C=O) groups is 4. The Balaban J connectivity index is 0.000000205. The minimum absolute atomic E-state index is 0.152. The lowest BCUT2D eigenvalue weighted by molar-refractivity contribution is -0.161. The molecule has 4 aromatic heterocycles. The van der Waals surface area contributed by atoms with Crippen LogP contribution in [0.15, 0.2) is 85.2 Å². The van der Waals surface area contributed by atoms with E-state index in [1.165, 1.54) is 0 Å². The zero-order valence-corrected chi connectivity index (χ0v) is 51.1. The number of rotatable bonds is 6. The van der Waals surface area contributed by atoms with Crippen LogP contribution >= 0.6 is 0 Å². The van der Waals surface area contributed by atoms with Crippen molar-refractivity contribution in [3.05, 3.63) is 130 Å². The number of carboxylic acids is 2. The first-order valence-corrected chi connectivity index (χ1v) is 29.5. The third kappa shape index (κ3) is 15.5. The summed E-state index contributed by atoms with van der Waals surface area (Å²) >= 11 is 0. The molecule has 4 N–H and O–H groups in total. The summed E-state index contributed by atoms with van der Waals surface area (Å²) in [5, 5.41) is 36.2. The summed E-state index contributed by atoms with van der Waals surface area (Å²) in [6.45, 7) is 22.9. The number of benzene rings is 2. The van der Waals surface area contributed by atoms with Crippen molar-refractivity contribution in [2.45, 2.75) is 162 Å². The van der Waals surface area contributed by atoms with Crippen molar-refractivity contribution >= 4 is 46.7 Å². The van der Waals surface area contributed by atoms with Crippen LogP contribution in [-0.4, -0.2) is 132 Å². The maximum Gasteiger partial charge on any atom is 0.337 e. The zero-order valence-electron chi connectivity index (χ0n) is 51.1. The summed E-state index contributed by atoms with van der Waals surface area (Å²) < 4.78 is 40.1. The number of nitrogens with zero attached hydrogens (tertiary/aromatic N) is 8. The van der Waals surface area contributed by atoms with E-state index in [1.54, 1.807) is 29.1 Å². The van der Waals surface area contributed by atoms with E-state index in [4.69, 9.17) is 48.6 Å². The summed E-state index contributed by atoms with van der Waals surface area (Å²) in [6, 6.07) is 18.7. The van der Waals surface area contributed by atoms with Crippen LogP contribution in [0.4, 0.5) is 11.6 Å². The Hall–Kier alpha value is -8.08. The number of carboxylic acid groups (broad SMARTS) is 2. The molecule has 2 atom stereocenters. The van der Waals surface area contributed by atoms with E-state index in [1.807, 2.05) is 120 Å². The normalized spacial score (nSPS) is 18.5. The average Bonchev–Trinajstić information content (AvgIpc) is 1.60. The molecule has 2 fully saturated rings. The lowest BCUT2D eigenvalue weighted by atomic mass is 9.92. The summed E-state index contributed by atoms with van der Waals surface area (Å²) in [6.07, 6.45) is 8.93. The summed E-state index contributed by atoms with van der Waals surface area (Å²) in [5.74, 6) is 0.0811. The molecule has 0 aliphatic carbocycles. The van der Waals surface area contributed by atoms with Gasteiger partial charge in [0.05, 0.1) is 84.7 Å². The minimum Gasteiger partial charge on any atom is -0.495 e. The van der Waals surface area contributed by atoms with Crippen LogP contribution in [0.5, 0.6) is 11.5 Å². The number of amides is 2. The molecule has 86 heavy (non-hydrogen) atoms. The van der Waals surface area contributed by atoms with Gasteiger partial charge in [-0.1, -0.05) is 42.5 Å². The number of fused-ring (bicyclic) bond motifs is 18. The smallest absolute Gasteiger partial charge is 0.337 e. The number of anilines is 2. The fraction of sp³-hybridized carbons (Fsp3) is 0.500. The summed E-state index contributed by atoms with van der Waals surface area (Å²) in [5.41, 5.74) is 3.84. The van der Waals surface area contributed by atoms with Gasteiger partial charge in [0, 0.05) is 80.1 Å². The maximum atomic E-state index is 12.9. The number of hydrogen-bond acceptors (Lipinski definition) is 16. The van der Waals surface area contributed by atoms with Crippen LogP contribution in [0.2, 0.25) is 0 Å². The number of nitrogens with one attached hydrogen (secondary N) is 2. The second-order valence-electron chi connectivity index (χ2n) is 24.8. The van der Waals surface area contributed by atoms with Crippen molar-refractivity contribution in [1.29, 1.82) is 0 Å². The highest BCUT2D eigenvalue weighted by atomic mass is 16.5. The van der Waals surface area contributed by atoms with Crippen LogP contribution in [0.1, 0.15) is 145 Å². The fourth-order valence-corrected chi connectivity index (χ4v) is 11.0. The third-order valence-electron chi connectivity index (χ3n) is 15.5. The lowest BCUT2D eigenvalue weighted by Crippen LogP contribution is -2.45. The van der Waals surface area contributed by atoms with Crippen LogP contribution < -0.4 is 29.9 Å². The predicted molar refractivity (Wildman–Crippen MR) is 322 cm³/mol. The van der Waals surface area contributed by atoms with Crippen LogP contribution in [-0.2, 0) is 64.1 Å². The first kappa shape index (κ1) is 62.5. The van der Waals surface area contributed by atoms with Crippen molar-refractivity contribution in [2.75, 3.05) is 55.8 Å². The maximum absolute atomic E-state index is 12.9. The number of para-hydroxylation sites is 2. The second-order valence-corrected chi connectivity index (χ2v) is 24.8. The highest BCUT2D eigenvalue weighted by Crippen LogP contribution is 2.40. The van der Waals surface area contributed by atoms with Gasteiger partial charge >= 0.3 is 11.9 Å². The molecule has 2 amide bonds. The van der Waals surface area contributed by atoms with Gasteiger partial charge in [-0.2, -0.15) is 19.2 Å². The van der Waals surface area contributed by atoms with Crippen LogP contribution in [0.25, 0.3) is 11.3 Å². The monoisotopic (exact) mass is 1180 g/mol. The van der Waals surface area contributed by atoms with E-state index < -0.39 is 35.3 Å². The molecule has 6 aliphatic rings. The molecule has 22 heteroatoms. The second kappa shape index (κ2) is 26.3. The fourth-order valence-electron chi connectivity index (χ4n) is 11.0. The van der Waals surface area contributed by atoms with Crippen molar-refractivity contribution in [3.8, 4) is 11.5 Å². The molecule has 6 aromatic rings. The van der Waals surface area contributed by atoms with E-state index >= 15 is 0 Å². The molecule has 10 heterocycles. The predicted octanol–water partition coefficient (Wildman–Crippen LogP) is 8.67. The van der Waals surface area contributed by atoms with Gasteiger partial charge in [0.1, 0.15) is 35.3 Å². The highest BCUT2D eigenvalue weighted by Gasteiger charge is 2.40. The van der Waals surface area contributed by atoms with Gasteiger partial charge < -0.3 is 59.1 Å². The topological polar surface area (TPSA) is 255 Å². The van der Waals surface area contributed by atoms with Crippen LogP contribution in [0.3, 0.4) is 0 Å². The molecule has 6 aliphatic heterocycles. The Morgan fingerprint density at radius 3 is 1.53 bits per heavy atom. The molecule has 12 rings (SSSR count). The Bertz CT molecular complexity index is 3490. The molecule has 22 nitrogen and oxygen atoms in total. The number of aryl methyl sites for hydroxylation is 2. The number of hydrogen-bond donors (Lipinski definition) is 4. The van der Waals surface area contributed by atoms with E-state index in [0.29, 0.717) is 134 Å². The van der Waals surface area contributed by atoms with E-state index in [0.717, 1.165) is 24.0 Å². The molecule has 8 bridgehead atoms. The molecule has 0 saturated carbocycles. The van der Waals surface area contributed by atoms with Crippen molar-refractivity contribution < 1.29 is 57.8 Å². The van der Waals surface area contributed by atoms with Gasteiger partial charge in [-0.15, -0.1) is 0 Å². The molecule has 2 aromatic carbocycles. The molecule has 460 valence electrons. The van der Waals surface area contributed by atoms with Crippen LogP contribution in [0, 0.1) is 13.8 Å². The molecular weight excluding hydrogens is 1100 g/mol. The number of ether oxygens (including phenoxy) is 6. The molecule has 0 spiro atoms. The van der Waals surface area contributed by atoms with E-state index in [-0.39, 0.29) is 48.9 Å². The third-order valence-corrected chi connectivity index (χ3v) is 15.5. The molecule has 0 unspecified atom stereocenters. The van der Waals surface area contributed by atoms with Crippen molar-refractivity contribution in [2.24, 2.45) is 0 Å². The van der Waals surface area contributed by atoms with Gasteiger partial charge in [0.2, 0.25) is 11.8 Å². The Morgan fingerprint density at radius 2 is 1.07 bits per heavy atom. The zero-order chi connectivity index (χ0) is 61.6. The van der Waals surface area contributed by atoms with Gasteiger partial charge in [-0.05, 0) is 106 Å². The molecule has 0 radical (unpaired) electrons. The standard InChI is InChI=1S/2C32H41N5O6/c2*1-21-27(28(30(39)40)43-31(2,3)4)29-36-14-12-32(5,13-15-36)42-17-9-8-16-41-24-11-7-6-10-22(24)18-26(38)33-20-23-19-25(34-21)37(29)35-23/h6-7,9-11,17,19,28H,8,12-16,18,20H2,1-5H3,(H,33,38)(H,39,40);6-11,19,28H,12-18,20H2,1-5H3,(H,33,38)(H,39,40)/t2*28-/m00/s1. The first-order chi connectivity index (χ1) is 40.8. The Labute approximate surface area is 501 Å². The Kier molecular flexibility index (Phi) is 19.1. The largest absolute Gasteiger partial charge is 0.495 e. The highest BCUT2D eigenvalue weighted by molar-refractivity contribution is 5.81. The first-order valence-electron chi connectivity index (χ1n) is 29.5. The van der Waals surface area contributed by atoms with Gasteiger partial charge in [0.15, 0.2) is 23.5 Å². The SMILES string of the molecule is Cc1nc2cc3nn2c(c1[C@H](OC(C)(C)C)C(=O)O)N1CCC(C)(CC1)OC=CCCOc1ccccc1CC(=O)NC3.Cc1nc2cc3nn2c(c1[C@H](OC(C)(C)C)C(=O)O)N1CCC(C)(CC1)OCC=CCOc1ccccc1CC(=O)NC3. The molecule has 2 saturated heterocycles. The van der Waals surface area contributed by atoms with Gasteiger partial charge in [0.25, 0.3) is 0 Å². The van der Waals surface area contributed by atoms with Crippen molar-refractivity contribution in [3.63, 3.8) is 0 Å². The van der Waals surface area contributed by atoms with E-state index in [2.05, 4.69) is 34.3 Å². The van der Waals surface area contributed by atoms with Gasteiger partial charge in [-0.3, -0.25) is 9.59 Å². The molecular formula is C64H82N10O12. The van der Waals surface area contributed by atoms with Gasteiger partial charge in [-0.25, -0.2) is 19.6 Å². The summed E-state index contributed by atoms with van der Waals surface area (Å²) in [7, 11) is 0.